The molecule has 0 aromatic heterocycles. The van der Waals surface area contributed by atoms with Crippen LogP contribution in [0.4, 0.5) is 0 Å². The molecule has 1 rings (SSSR count). The lowest BCUT2D eigenvalue weighted by atomic mass is 9.92. The maximum atomic E-state index is 8.53. The molecule has 0 saturated heterocycles. The van der Waals surface area contributed by atoms with Crippen LogP contribution in [0.2, 0.25) is 0 Å². The third-order valence-electron chi connectivity index (χ3n) is 1.99. The molecule has 3 heteroatoms. The maximum absolute atomic E-state index is 8.53. The van der Waals surface area contributed by atoms with Crippen molar-refractivity contribution in [3.8, 4) is 0 Å². The third-order valence-corrected chi connectivity index (χ3v) is 1.99. The molecule has 4 N–H and O–H groups in total. The second-order valence-electron chi connectivity index (χ2n) is 2.68. The van der Waals surface area contributed by atoms with Gasteiger partial charge in [0.2, 0.25) is 0 Å². The van der Waals surface area contributed by atoms with Crippen molar-refractivity contribution in [2.24, 2.45) is 5.73 Å². The molecule has 0 aromatic carbocycles. The van der Waals surface area contributed by atoms with Crippen molar-refractivity contribution in [3.63, 3.8) is 0 Å². The average Bonchev–Trinajstić information content (AvgIpc) is 1.89. The summed E-state index contributed by atoms with van der Waals surface area (Å²) in [6.45, 7) is 0. The highest BCUT2D eigenvalue weighted by atomic mass is 16.5. The molecule has 2 atom stereocenters. The zero-order valence-corrected chi connectivity index (χ0v) is 5.51. The van der Waals surface area contributed by atoms with E-state index in [9.17, 15) is 0 Å². The zero-order valence-electron chi connectivity index (χ0n) is 5.51. The van der Waals surface area contributed by atoms with Gasteiger partial charge in [0.1, 0.15) is 0 Å². The van der Waals surface area contributed by atoms with E-state index in [0.29, 0.717) is 0 Å². The van der Waals surface area contributed by atoms with E-state index >= 15 is 0 Å². The Labute approximate surface area is 55.2 Å². The van der Waals surface area contributed by atoms with E-state index in [4.69, 9.17) is 10.9 Å². The molecule has 0 heterocycles. The van der Waals surface area contributed by atoms with E-state index in [-0.39, 0.29) is 12.1 Å². The maximum Gasteiger partial charge on any atom is 0.0470 e. The van der Waals surface area contributed by atoms with Crippen LogP contribution in [0.5, 0.6) is 0 Å². The molecular weight excluding hydrogens is 116 g/mol. The molecule has 0 bridgehead atoms. The summed E-state index contributed by atoms with van der Waals surface area (Å²) in [6, 6.07) is 0.294. The van der Waals surface area contributed by atoms with Gasteiger partial charge in [0, 0.05) is 12.1 Å². The highest BCUT2D eigenvalue weighted by Crippen LogP contribution is 2.15. The number of rotatable bonds is 1. The van der Waals surface area contributed by atoms with E-state index < -0.39 is 0 Å². The highest BCUT2D eigenvalue weighted by Gasteiger charge is 2.19. The highest BCUT2D eigenvalue weighted by molar-refractivity contribution is 4.80. The Morgan fingerprint density at radius 2 is 2.00 bits per heavy atom. The molecule has 1 aliphatic rings. The van der Waals surface area contributed by atoms with Gasteiger partial charge in [-0.15, -0.1) is 0 Å². The Morgan fingerprint density at radius 1 is 1.33 bits per heavy atom. The van der Waals surface area contributed by atoms with Gasteiger partial charge >= 0.3 is 0 Å². The van der Waals surface area contributed by atoms with Crippen molar-refractivity contribution in [3.05, 3.63) is 0 Å². The predicted octanol–water partition coefficient (Wildman–Crippen LogP) is 0.235. The minimum atomic E-state index is 0.138. The molecule has 0 aromatic rings. The van der Waals surface area contributed by atoms with Crippen molar-refractivity contribution < 1.29 is 5.21 Å². The van der Waals surface area contributed by atoms with Crippen molar-refractivity contribution in [2.75, 3.05) is 0 Å². The van der Waals surface area contributed by atoms with E-state index in [1.165, 1.54) is 12.8 Å². The van der Waals surface area contributed by atoms with Crippen LogP contribution in [0.25, 0.3) is 0 Å². The number of nitrogens with one attached hydrogen (secondary N) is 1. The average molecular weight is 130 g/mol. The molecule has 1 saturated carbocycles. The Hall–Kier alpha value is -0.120. The van der Waals surface area contributed by atoms with E-state index in [1.54, 1.807) is 0 Å². The first-order chi connectivity index (χ1) is 4.34. The van der Waals surface area contributed by atoms with Crippen molar-refractivity contribution in [1.82, 2.24) is 5.48 Å². The van der Waals surface area contributed by atoms with Gasteiger partial charge in [-0.3, -0.25) is 0 Å². The molecular formula is C6H14N2O. The molecule has 54 valence electrons. The summed E-state index contributed by atoms with van der Waals surface area (Å²) < 4.78 is 0. The van der Waals surface area contributed by atoms with Crippen LogP contribution in [0.3, 0.4) is 0 Å². The fraction of sp³-hybridized carbons (Fsp3) is 1.00. The fourth-order valence-electron chi connectivity index (χ4n) is 1.32. The Kier molecular flexibility index (Phi) is 2.45. The minimum absolute atomic E-state index is 0.138. The van der Waals surface area contributed by atoms with Crippen LogP contribution < -0.4 is 11.2 Å². The molecule has 0 amide bonds. The number of nitrogens with two attached hydrogens (primary N) is 1. The van der Waals surface area contributed by atoms with Gasteiger partial charge in [0.25, 0.3) is 0 Å². The summed E-state index contributed by atoms with van der Waals surface area (Å²) in [6.07, 6.45) is 4.45. The summed E-state index contributed by atoms with van der Waals surface area (Å²) in [5.41, 5.74) is 7.90. The topological polar surface area (TPSA) is 58.3 Å². The van der Waals surface area contributed by atoms with Crippen LogP contribution in [0.1, 0.15) is 25.7 Å². The second kappa shape index (κ2) is 3.15. The quantitative estimate of drug-likeness (QED) is 0.445. The van der Waals surface area contributed by atoms with E-state index in [2.05, 4.69) is 5.48 Å². The Bertz CT molecular complexity index is 87.1. The largest absolute Gasteiger partial charge is 0.326 e. The second-order valence-corrected chi connectivity index (χ2v) is 2.68. The van der Waals surface area contributed by atoms with Gasteiger partial charge in [-0.25, -0.2) is 5.48 Å². The lowest BCUT2D eigenvalue weighted by Crippen LogP contribution is -2.45. The minimum Gasteiger partial charge on any atom is -0.326 e. The van der Waals surface area contributed by atoms with Crippen molar-refractivity contribution in [2.45, 2.75) is 37.8 Å². The van der Waals surface area contributed by atoms with Gasteiger partial charge in [0.15, 0.2) is 0 Å². The Morgan fingerprint density at radius 3 is 2.44 bits per heavy atom. The van der Waals surface area contributed by atoms with Gasteiger partial charge in [0.05, 0.1) is 0 Å². The zero-order chi connectivity index (χ0) is 6.69. The van der Waals surface area contributed by atoms with Crippen LogP contribution in [0.15, 0.2) is 0 Å². The number of hydrogen-bond donors (Lipinski definition) is 3. The molecule has 1 fully saturated rings. The van der Waals surface area contributed by atoms with Crippen LogP contribution >= 0.6 is 0 Å². The molecule has 0 unspecified atom stereocenters. The van der Waals surface area contributed by atoms with Crippen LogP contribution in [-0.2, 0) is 0 Å². The summed E-state index contributed by atoms with van der Waals surface area (Å²) in [5, 5.41) is 8.53. The SMILES string of the molecule is N[C@@H]1CCCC[C@H]1NO. The summed E-state index contributed by atoms with van der Waals surface area (Å²) >= 11 is 0. The molecule has 0 aliphatic heterocycles. The predicted molar refractivity (Wildman–Crippen MR) is 35.2 cm³/mol. The van der Waals surface area contributed by atoms with Crippen LogP contribution in [-0.4, -0.2) is 17.3 Å². The van der Waals surface area contributed by atoms with Gasteiger partial charge < -0.3 is 10.9 Å². The summed E-state index contributed by atoms with van der Waals surface area (Å²) in [5.74, 6) is 0. The van der Waals surface area contributed by atoms with Gasteiger partial charge in [-0.05, 0) is 12.8 Å². The third kappa shape index (κ3) is 1.64. The first-order valence-electron chi connectivity index (χ1n) is 3.50. The molecule has 0 radical (unpaired) electrons. The van der Waals surface area contributed by atoms with Gasteiger partial charge in [-0.1, -0.05) is 12.8 Å². The van der Waals surface area contributed by atoms with Gasteiger partial charge in [-0.2, -0.15) is 0 Å². The first-order valence-corrected chi connectivity index (χ1v) is 3.50. The van der Waals surface area contributed by atoms with Crippen molar-refractivity contribution >= 4 is 0 Å². The standard InChI is InChI=1S/C6H14N2O/c7-5-3-1-2-4-6(5)8-9/h5-6,8-9H,1-4,7H2/t5-,6-/m1/s1. The summed E-state index contributed by atoms with van der Waals surface area (Å²) in [7, 11) is 0. The van der Waals surface area contributed by atoms with E-state index in [0.717, 1.165) is 12.8 Å². The lowest BCUT2D eigenvalue weighted by Gasteiger charge is -2.26. The number of hydrogen-bond acceptors (Lipinski definition) is 3. The normalized spacial score (nSPS) is 36.7. The summed E-state index contributed by atoms with van der Waals surface area (Å²) in [4.78, 5) is 0. The molecule has 0 spiro atoms. The monoisotopic (exact) mass is 130 g/mol. The molecule has 3 nitrogen and oxygen atoms in total. The molecule has 1 aliphatic carbocycles. The lowest BCUT2D eigenvalue weighted by molar-refractivity contribution is 0.0966. The Balaban J connectivity index is 2.30. The fourth-order valence-corrected chi connectivity index (χ4v) is 1.32. The smallest absolute Gasteiger partial charge is 0.0470 e. The van der Waals surface area contributed by atoms with E-state index in [1.807, 2.05) is 0 Å². The number of hydroxylamine groups is 1. The molecule has 9 heavy (non-hydrogen) atoms. The van der Waals surface area contributed by atoms with Crippen molar-refractivity contribution in [1.29, 1.82) is 0 Å². The van der Waals surface area contributed by atoms with Crippen LogP contribution in [0, 0.1) is 0 Å². The first kappa shape index (κ1) is 6.99.